The Balaban J connectivity index is 1.82. The number of pyridine rings is 1. The molecule has 4 nitrogen and oxygen atoms in total. The fourth-order valence-electron chi connectivity index (χ4n) is 2.13. The van der Waals surface area contributed by atoms with E-state index in [1.54, 1.807) is 0 Å². The fraction of sp³-hybridized carbons (Fsp3) is 0.200. The van der Waals surface area contributed by atoms with Crippen molar-refractivity contribution in [2.24, 2.45) is 7.05 Å². The molecule has 3 rings (SSSR count). The van der Waals surface area contributed by atoms with Crippen LogP contribution in [0.1, 0.15) is 11.4 Å². The third-order valence-corrected chi connectivity index (χ3v) is 3.35. The molecule has 1 N–H and O–H groups in total. The summed E-state index contributed by atoms with van der Waals surface area (Å²) in [6.45, 7) is 2.81. The van der Waals surface area contributed by atoms with Gasteiger partial charge in [-0.2, -0.15) is 0 Å². The Bertz CT molecular complexity index is 701. The number of aromatic nitrogens is 3. The van der Waals surface area contributed by atoms with Gasteiger partial charge < -0.3 is 9.88 Å². The lowest BCUT2D eigenvalue weighted by Crippen LogP contribution is -1.99. The molecule has 3 aromatic rings. The van der Waals surface area contributed by atoms with Gasteiger partial charge in [0.2, 0.25) is 0 Å². The van der Waals surface area contributed by atoms with Crippen LogP contribution in [-0.4, -0.2) is 14.5 Å². The van der Waals surface area contributed by atoms with E-state index in [1.165, 1.54) is 5.56 Å². The Morgan fingerprint density at radius 1 is 1.16 bits per heavy atom. The number of benzene rings is 1. The molecule has 0 fully saturated rings. The lowest BCUT2D eigenvalue weighted by molar-refractivity contribution is 0.886. The van der Waals surface area contributed by atoms with Crippen molar-refractivity contribution in [3.63, 3.8) is 0 Å². The van der Waals surface area contributed by atoms with Crippen LogP contribution in [0.3, 0.4) is 0 Å². The summed E-state index contributed by atoms with van der Waals surface area (Å²) < 4.78 is 2.10. The van der Waals surface area contributed by atoms with Gasteiger partial charge in [-0.25, -0.2) is 4.98 Å². The van der Waals surface area contributed by atoms with Gasteiger partial charge >= 0.3 is 0 Å². The molecule has 96 valence electrons. The van der Waals surface area contributed by atoms with Crippen LogP contribution in [0, 0.1) is 6.92 Å². The van der Waals surface area contributed by atoms with Gasteiger partial charge in [0, 0.05) is 31.7 Å². The predicted octanol–water partition coefficient (Wildman–Crippen LogP) is 2.89. The number of anilines is 1. The van der Waals surface area contributed by atoms with Crippen LogP contribution in [0.15, 0.2) is 42.7 Å². The summed E-state index contributed by atoms with van der Waals surface area (Å²) in [5.41, 5.74) is 4.49. The first kappa shape index (κ1) is 11.7. The van der Waals surface area contributed by atoms with E-state index in [4.69, 9.17) is 0 Å². The Kier molecular flexibility index (Phi) is 2.91. The van der Waals surface area contributed by atoms with Gasteiger partial charge in [-0.1, -0.05) is 0 Å². The molecule has 2 aromatic heterocycles. The highest BCUT2D eigenvalue weighted by molar-refractivity contribution is 5.80. The molecule has 0 aliphatic heterocycles. The number of imidazole rings is 1. The summed E-state index contributed by atoms with van der Waals surface area (Å²) in [5, 5.41) is 3.40. The van der Waals surface area contributed by atoms with Crippen LogP contribution in [0.5, 0.6) is 0 Å². The second-order valence-corrected chi connectivity index (χ2v) is 4.63. The number of hydrogen-bond acceptors (Lipinski definition) is 3. The Hall–Kier alpha value is -2.36. The van der Waals surface area contributed by atoms with Crippen molar-refractivity contribution in [3.8, 4) is 0 Å². The van der Waals surface area contributed by atoms with Gasteiger partial charge in [0.1, 0.15) is 5.82 Å². The topological polar surface area (TPSA) is 42.7 Å². The summed E-state index contributed by atoms with van der Waals surface area (Å²) in [4.78, 5) is 8.55. The lowest BCUT2D eigenvalue weighted by Gasteiger charge is -2.06. The molecule has 0 radical (unpaired) electrons. The van der Waals surface area contributed by atoms with Crippen LogP contribution in [-0.2, 0) is 13.6 Å². The fourth-order valence-corrected chi connectivity index (χ4v) is 2.13. The second kappa shape index (κ2) is 4.72. The highest BCUT2D eigenvalue weighted by Crippen LogP contribution is 2.19. The first-order chi connectivity index (χ1) is 9.24. The maximum absolute atomic E-state index is 4.54. The van der Waals surface area contributed by atoms with Crippen LogP contribution in [0.2, 0.25) is 0 Å². The molecule has 0 amide bonds. The van der Waals surface area contributed by atoms with E-state index >= 15 is 0 Å². The molecule has 0 aliphatic rings. The molecular formula is C15H16N4. The molecule has 0 bridgehead atoms. The van der Waals surface area contributed by atoms with Crippen LogP contribution in [0.4, 0.5) is 5.69 Å². The molecule has 0 saturated heterocycles. The number of nitrogens with zero attached hydrogens (tertiary/aromatic N) is 3. The minimum absolute atomic E-state index is 0.792. The zero-order chi connectivity index (χ0) is 13.2. The van der Waals surface area contributed by atoms with Crippen molar-refractivity contribution in [1.29, 1.82) is 0 Å². The van der Waals surface area contributed by atoms with E-state index in [2.05, 4.69) is 38.1 Å². The molecule has 0 aliphatic carbocycles. The van der Waals surface area contributed by atoms with Crippen molar-refractivity contribution in [2.45, 2.75) is 13.5 Å². The maximum atomic E-state index is 4.54. The smallest absolute Gasteiger partial charge is 0.106 e. The van der Waals surface area contributed by atoms with Gasteiger partial charge in [-0.3, -0.25) is 4.98 Å². The lowest BCUT2D eigenvalue weighted by atomic mass is 10.2. The SMILES string of the molecule is Cc1nc2cc(NCc3ccncc3)ccc2n1C. The molecule has 1 aromatic carbocycles. The van der Waals surface area contributed by atoms with Crippen LogP contribution < -0.4 is 5.32 Å². The van der Waals surface area contributed by atoms with E-state index in [1.807, 2.05) is 38.5 Å². The summed E-state index contributed by atoms with van der Waals surface area (Å²) in [6.07, 6.45) is 3.62. The van der Waals surface area contributed by atoms with E-state index in [0.717, 1.165) is 29.1 Å². The Morgan fingerprint density at radius 2 is 1.95 bits per heavy atom. The number of rotatable bonds is 3. The maximum Gasteiger partial charge on any atom is 0.106 e. The van der Waals surface area contributed by atoms with E-state index in [9.17, 15) is 0 Å². The quantitative estimate of drug-likeness (QED) is 0.779. The summed E-state index contributed by atoms with van der Waals surface area (Å²) >= 11 is 0. The third-order valence-electron chi connectivity index (χ3n) is 3.35. The number of nitrogens with one attached hydrogen (secondary N) is 1. The molecule has 0 atom stereocenters. The Morgan fingerprint density at radius 3 is 2.74 bits per heavy atom. The minimum atomic E-state index is 0.792. The highest BCUT2D eigenvalue weighted by Gasteiger charge is 2.04. The van der Waals surface area contributed by atoms with E-state index in [0.29, 0.717) is 0 Å². The number of hydrogen-bond donors (Lipinski definition) is 1. The molecule has 4 heteroatoms. The highest BCUT2D eigenvalue weighted by atomic mass is 15.0. The largest absolute Gasteiger partial charge is 0.381 e. The van der Waals surface area contributed by atoms with Crippen molar-refractivity contribution in [2.75, 3.05) is 5.32 Å². The van der Waals surface area contributed by atoms with Crippen LogP contribution >= 0.6 is 0 Å². The normalized spacial score (nSPS) is 10.8. The zero-order valence-corrected chi connectivity index (χ0v) is 11.1. The molecule has 0 spiro atoms. The number of fused-ring (bicyclic) bond motifs is 1. The van der Waals surface area contributed by atoms with Crippen LogP contribution in [0.25, 0.3) is 11.0 Å². The standard InChI is InChI=1S/C15H16N4/c1-11-18-14-9-13(3-4-15(14)19(11)2)17-10-12-5-7-16-8-6-12/h3-9,17H,10H2,1-2H3. The minimum Gasteiger partial charge on any atom is -0.381 e. The van der Waals surface area contributed by atoms with Gasteiger partial charge in [0.05, 0.1) is 11.0 Å². The van der Waals surface area contributed by atoms with Gasteiger partial charge in [-0.15, -0.1) is 0 Å². The first-order valence-corrected chi connectivity index (χ1v) is 6.30. The average molecular weight is 252 g/mol. The molecule has 0 saturated carbocycles. The van der Waals surface area contributed by atoms with Gasteiger partial charge in [-0.05, 0) is 42.8 Å². The van der Waals surface area contributed by atoms with Gasteiger partial charge in [0.25, 0.3) is 0 Å². The summed E-state index contributed by atoms with van der Waals surface area (Å²) in [6, 6.07) is 10.3. The van der Waals surface area contributed by atoms with Crippen molar-refractivity contribution >= 4 is 16.7 Å². The van der Waals surface area contributed by atoms with E-state index < -0.39 is 0 Å². The molecule has 0 unspecified atom stereocenters. The monoisotopic (exact) mass is 252 g/mol. The number of aryl methyl sites for hydroxylation is 2. The average Bonchev–Trinajstić information content (AvgIpc) is 2.73. The van der Waals surface area contributed by atoms with E-state index in [-0.39, 0.29) is 0 Å². The van der Waals surface area contributed by atoms with Crippen molar-refractivity contribution in [3.05, 3.63) is 54.1 Å². The predicted molar refractivity (Wildman–Crippen MR) is 77.0 cm³/mol. The second-order valence-electron chi connectivity index (χ2n) is 4.63. The molecular weight excluding hydrogens is 236 g/mol. The first-order valence-electron chi connectivity index (χ1n) is 6.30. The van der Waals surface area contributed by atoms with Gasteiger partial charge in [0.15, 0.2) is 0 Å². The molecule has 2 heterocycles. The summed E-state index contributed by atoms with van der Waals surface area (Å²) in [7, 11) is 2.04. The third kappa shape index (κ3) is 2.29. The van der Waals surface area contributed by atoms with Crippen molar-refractivity contribution in [1.82, 2.24) is 14.5 Å². The summed E-state index contributed by atoms with van der Waals surface area (Å²) in [5.74, 6) is 1.03. The van der Waals surface area contributed by atoms with Crippen molar-refractivity contribution < 1.29 is 0 Å². The zero-order valence-electron chi connectivity index (χ0n) is 11.1. The molecule has 19 heavy (non-hydrogen) atoms. The Labute approximate surface area is 112 Å².